The SMILES string of the molecule is COc1nc2c(cc1NSc1ccc(C3CCCCC3)cc1)CCN(C)CC2. The number of hydrogen-bond donors (Lipinski definition) is 1. The molecule has 0 unspecified atom stereocenters. The van der Waals surface area contributed by atoms with Gasteiger partial charge in [-0.2, -0.15) is 0 Å². The average Bonchev–Trinajstić information content (AvgIpc) is 2.93. The van der Waals surface area contributed by atoms with Crippen LogP contribution in [0.2, 0.25) is 0 Å². The lowest BCUT2D eigenvalue weighted by Crippen LogP contribution is -2.20. The van der Waals surface area contributed by atoms with Gasteiger partial charge < -0.3 is 14.4 Å². The summed E-state index contributed by atoms with van der Waals surface area (Å²) in [6.45, 7) is 2.13. The van der Waals surface area contributed by atoms with Crippen LogP contribution in [0.5, 0.6) is 5.88 Å². The van der Waals surface area contributed by atoms with Gasteiger partial charge in [-0.1, -0.05) is 31.4 Å². The fourth-order valence-corrected chi connectivity index (χ4v) is 4.96. The van der Waals surface area contributed by atoms with Crippen molar-refractivity contribution in [1.29, 1.82) is 0 Å². The smallest absolute Gasteiger partial charge is 0.238 e. The van der Waals surface area contributed by atoms with Crippen LogP contribution in [0.1, 0.15) is 54.8 Å². The van der Waals surface area contributed by atoms with Gasteiger partial charge in [0.2, 0.25) is 5.88 Å². The summed E-state index contributed by atoms with van der Waals surface area (Å²) in [5.74, 6) is 1.45. The number of nitrogens with one attached hydrogen (secondary N) is 1. The van der Waals surface area contributed by atoms with Crippen molar-refractivity contribution in [2.45, 2.75) is 55.8 Å². The number of fused-ring (bicyclic) bond motifs is 1. The minimum Gasteiger partial charge on any atom is -0.479 e. The van der Waals surface area contributed by atoms with Crippen molar-refractivity contribution >= 4 is 17.6 Å². The Morgan fingerprint density at radius 3 is 2.57 bits per heavy atom. The van der Waals surface area contributed by atoms with E-state index in [1.807, 2.05) is 0 Å². The Morgan fingerprint density at radius 1 is 1.07 bits per heavy atom. The molecule has 2 aromatic rings. The molecular formula is C23H31N3OS. The molecule has 1 aliphatic carbocycles. The van der Waals surface area contributed by atoms with E-state index in [-0.39, 0.29) is 0 Å². The molecule has 0 spiro atoms. The lowest BCUT2D eigenvalue weighted by atomic mass is 9.84. The van der Waals surface area contributed by atoms with Gasteiger partial charge in [0.25, 0.3) is 0 Å². The first-order valence-corrected chi connectivity index (χ1v) is 11.3. The van der Waals surface area contributed by atoms with Crippen LogP contribution in [-0.4, -0.2) is 37.1 Å². The number of pyridine rings is 1. The highest BCUT2D eigenvalue weighted by Crippen LogP contribution is 2.34. The predicted molar refractivity (Wildman–Crippen MR) is 117 cm³/mol. The van der Waals surface area contributed by atoms with Gasteiger partial charge in [0.15, 0.2) is 0 Å². The van der Waals surface area contributed by atoms with E-state index in [0.29, 0.717) is 5.88 Å². The zero-order valence-electron chi connectivity index (χ0n) is 17.0. The summed E-state index contributed by atoms with van der Waals surface area (Å²) in [4.78, 5) is 8.37. The Morgan fingerprint density at radius 2 is 1.82 bits per heavy atom. The standard InChI is InChI=1S/C23H31N3OS/c1-26-14-12-19-16-22(23(27-2)24-21(19)13-15-26)25-28-20-10-8-18(9-11-20)17-6-4-3-5-7-17/h8-11,16-17,25H,3-7,12-15H2,1-2H3. The molecule has 0 atom stereocenters. The normalized spacial score (nSPS) is 18.4. The maximum Gasteiger partial charge on any atom is 0.238 e. The Labute approximate surface area is 173 Å². The first kappa shape index (κ1) is 19.6. The van der Waals surface area contributed by atoms with Crippen molar-refractivity contribution < 1.29 is 4.74 Å². The second kappa shape index (κ2) is 9.19. The topological polar surface area (TPSA) is 37.4 Å². The molecule has 2 aliphatic rings. The molecule has 28 heavy (non-hydrogen) atoms. The molecule has 1 aromatic carbocycles. The molecule has 4 nitrogen and oxygen atoms in total. The van der Waals surface area contributed by atoms with E-state index >= 15 is 0 Å². The lowest BCUT2D eigenvalue weighted by Gasteiger charge is -2.22. The summed E-state index contributed by atoms with van der Waals surface area (Å²) in [5.41, 5.74) is 4.97. The monoisotopic (exact) mass is 397 g/mol. The molecule has 1 saturated carbocycles. The number of anilines is 1. The van der Waals surface area contributed by atoms with E-state index < -0.39 is 0 Å². The number of benzene rings is 1. The van der Waals surface area contributed by atoms with Crippen LogP contribution < -0.4 is 9.46 Å². The van der Waals surface area contributed by atoms with E-state index in [4.69, 9.17) is 9.72 Å². The molecule has 1 fully saturated rings. The first-order chi connectivity index (χ1) is 13.7. The van der Waals surface area contributed by atoms with E-state index in [1.54, 1.807) is 19.1 Å². The Bertz CT molecular complexity index is 787. The zero-order chi connectivity index (χ0) is 19.3. The van der Waals surface area contributed by atoms with Gasteiger partial charge in [0, 0.05) is 30.1 Å². The fourth-order valence-electron chi connectivity index (χ4n) is 4.31. The van der Waals surface area contributed by atoms with Gasteiger partial charge in [0.1, 0.15) is 5.69 Å². The van der Waals surface area contributed by atoms with Crippen LogP contribution in [0.15, 0.2) is 35.2 Å². The maximum absolute atomic E-state index is 5.57. The molecule has 4 rings (SSSR count). The van der Waals surface area contributed by atoms with E-state index in [9.17, 15) is 0 Å². The van der Waals surface area contributed by atoms with E-state index in [0.717, 1.165) is 37.5 Å². The molecule has 1 aromatic heterocycles. The van der Waals surface area contributed by atoms with Gasteiger partial charge in [-0.25, -0.2) is 4.98 Å². The van der Waals surface area contributed by atoms with E-state index in [2.05, 4.69) is 47.0 Å². The van der Waals surface area contributed by atoms with Crippen LogP contribution in [0, 0.1) is 0 Å². The summed E-state index contributed by atoms with van der Waals surface area (Å²) in [5, 5.41) is 0. The highest BCUT2D eigenvalue weighted by atomic mass is 32.2. The minimum absolute atomic E-state index is 0.689. The third-order valence-electron chi connectivity index (χ3n) is 6.08. The van der Waals surface area contributed by atoms with Gasteiger partial charge in [0.05, 0.1) is 7.11 Å². The van der Waals surface area contributed by atoms with Crippen molar-refractivity contribution in [3.63, 3.8) is 0 Å². The summed E-state index contributed by atoms with van der Waals surface area (Å²) < 4.78 is 9.04. The van der Waals surface area contributed by atoms with Crippen molar-refractivity contribution in [3.05, 3.63) is 47.2 Å². The molecule has 0 radical (unpaired) electrons. The molecule has 150 valence electrons. The minimum atomic E-state index is 0.689. The largest absolute Gasteiger partial charge is 0.479 e. The van der Waals surface area contributed by atoms with Crippen LogP contribution >= 0.6 is 11.9 Å². The Kier molecular flexibility index (Phi) is 6.43. The molecular weight excluding hydrogens is 366 g/mol. The first-order valence-electron chi connectivity index (χ1n) is 10.5. The maximum atomic E-state index is 5.57. The number of rotatable bonds is 5. The molecule has 5 heteroatoms. The van der Waals surface area contributed by atoms with Crippen LogP contribution in [0.3, 0.4) is 0 Å². The van der Waals surface area contributed by atoms with Crippen LogP contribution in [0.4, 0.5) is 5.69 Å². The molecule has 0 saturated heterocycles. The fraction of sp³-hybridized carbons (Fsp3) is 0.522. The highest BCUT2D eigenvalue weighted by Gasteiger charge is 2.17. The van der Waals surface area contributed by atoms with Crippen molar-refractivity contribution in [1.82, 2.24) is 9.88 Å². The Hall–Kier alpha value is -1.72. The van der Waals surface area contributed by atoms with Gasteiger partial charge in [-0.15, -0.1) is 0 Å². The molecule has 1 N–H and O–H groups in total. The summed E-state index contributed by atoms with van der Waals surface area (Å²) in [6.07, 6.45) is 8.88. The summed E-state index contributed by atoms with van der Waals surface area (Å²) in [7, 11) is 3.88. The number of likely N-dealkylation sites (N-methyl/N-ethyl adjacent to an activating group) is 1. The third kappa shape index (κ3) is 4.64. The van der Waals surface area contributed by atoms with Gasteiger partial charge in [-0.05, 0) is 73.5 Å². The molecule has 1 aliphatic heterocycles. The second-order valence-electron chi connectivity index (χ2n) is 8.06. The molecule has 0 bridgehead atoms. The number of nitrogens with zero attached hydrogens (tertiary/aromatic N) is 2. The van der Waals surface area contributed by atoms with Crippen molar-refractivity contribution in [3.8, 4) is 5.88 Å². The van der Waals surface area contributed by atoms with Gasteiger partial charge in [-0.3, -0.25) is 0 Å². The molecule has 2 heterocycles. The number of methoxy groups -OCH3 is 1. The summed E-state index contributed by atoms with van der Waals surface area (Å²) in [6, 6.07) is 11.3. The van der Waals surface area contributed by atoms with Gasteiger partial charge >= 0.3 is 0 Å². The number of hydrogen-bond acceptors (Lipinski definition) is 5. The average molecular weight is 398 g/mol. The molecule has 0 amide bonds. The zero-order valence-corrected chi connectivity index (χ0v) is 17.9. The van der Waals surface area contributed by atoms with E-state index in [1.165, 1.54) is 53.8 Å². The predicted octanol–water partition coefficient (Wildman–Crippen LogP) is 5.29. The van der Waals surface area contributed by atoms with Crippen molar-refractivity contribution in [2.75, 3.05) is 32.0 Å². The second-order valence-corrected chi connectivity index (χ2v) is 8.94. The number of ether oxygens (including phenoxy) is 1. The lowest BCUT2D eigenvalue weighted by molar-refractivity contribution is 0.351. The van der Waals surface area contributed by atoms with Crippen LogP contribution in [0.25, 0.3) is 0 Å². The third-order valence-corrected chi connectivity index (χ3v) is 6.91. The quantitative estimate of drug-likeness (QED) is 0.694. The Balaban J connectivity index is 1.44. The van der Waals surface area contributed by atoms with Crippen LogP contribution in [-0.2, 0) is 12.8 Å². The number of aromatic nitrogens is 1. The van der Waals surface area contributed by atoms with Crippen molar-refractivity contribution in [2.24, 2.45) is 0 Å². The highest BCUT2D eigenvalue weighted by molar-refractivity contribution is 8.00. The summed E-state index contributed by atoms with van der Waals surface area (Å²) >= 11 is 1.63.